The number of aliphatic hydroxyl groups is 1. The summed E-state index contributed by atoms with van der Waals surface area (Å²) in [7, 11) is -0.664. The number of hydrogen-bond acceptors (Lipinski definition) is 8. The predicted octanol–water partition coefficient (Wildman–Crippen LogP) is 5.04. The number of sulfonamides is 1. The van der Waals surface area contributed by atoms with Gasteiger partial charge in [-0.15, -0.1) is 0 Å². The Kier molecular flexibility index (Phi) is 9.81. The van der Waals surface area contributed by atoms with Crippen LogP contribution in [-0.4, -0.2) is 69.4 Å². The van der Waals surface area contributed by atoms with E-state index in [1.807, 2.05) is 42.5 Å². The molecule has 0 radical (unpaired) electrons. The highest BCUT2D eigenvalue weighted by Crippen LogP contribution is 2.41. The van der Waals surface area contributed by atoms with E-state index in [0.717, 1.165) is 43.8 Å². The van der Waals surface area contributed by atoms with Gasteiger partial charge >= 0.3 is 0 Å². The van der Waals surface area contributed by atoms with Crippen molar-refractivity contribution < 1.29 is 32.6 Å². The first kappa shape index (κ1) is 30.1. The van der Waals surface area contributed by atoms with E-state index in [9.17, 15) is 13.5 Å². The molecular weight excluding hydrogens is 556 g/mol. The zero-order valence-corrected chi connectivity index (χ0v) is 24.8. The van der Waals surface area contributed by atoms with Crippen LogP contribution in [0.4, 0.5) is 0 Å². The molecule has 3 aromatic carbocycles. The lowest BCUT2D eigenvalue weighted by Gasteiger charge is -2.36. The Bertz CT molecular complexity index is 1450. The molecule has 1 unspecified atom stereocenters. The van der Waals surface area contributed by atoms with Crippen molar-refractivity contribution in [1.82, 2.24) is 9.37 Å². The topological polar surface area (TPSA) is 97.8 Å². The zero-order valence-electron chi connectivity index (χ0n) is 24.0. The molecule has 0 spiro atoms. The molecule has 3 aromatic rings. The van der Waals surface area contributed by atoms with Crippen LogP contribution in [0.2, 0.25) is 0 Å². The molecule has 0 aromatic heterocycles. The fourth-order valence-electron chi connectivity index (χ4n) is 5.42. The van der Waals surface area contributed by atoms with Crippen molar-refractivity contribution in [3.8, 4) is 17.2 Å². The number of rotatable bonds is 12. The van der Waals surface area contributed by atoms with Crippen LogP contribution in [0.25, 0.3) is 5.57 Å². The number of methoxy groups -OCH3 is 1. The molecule has 224 valence electrons. The second-order valence-electron chi connectivity index (χ2n) is 10.4. The number of aliphatic hydroxyl groups excluding tert-OH is 1. The largest absolute Gasteiger partial charge is 0.497 e. The van der Waals surface area contributed by atoms with E-state index in [-0.39, 0.29) is 10.9 Å². The Morgan fingerprint density at radius 2 is 1.67 bits per heavy atom. The molecule has 1 N–H and O–H groups in total. The third-order valence-electron chi connectivity index (χ3n) is 7.76. The first-order valence-corrected chi connectivity index (χ1v) is 15.7. The van der Waals surface area contributed by atoms with Crippen molar-refractivity contribution in [1.29, 1.82) is 0 Å². The van der Waals surface area contributed by atoms with Crippen LogP contribution < -0.4 is 14.2 Å². The molecule has 1 fully saturated rings. The minimum absolute atomic E-state index is 0.188. The Morgan fingerprint density at radius 3 is 2.36 bits per heavy atom. The van der Waals surface area contributed by atoms with Crippen molar-refractivity contribution in [2.45, 2.75) is 42.7 Å². The van der Waals surface area contributed by atoms with Crippen molar-refractivity contribution in [3.05, 3.63) is 90.2 Å². The number of piperidine rings is 1. The average molecular weight is 595 g/mol. The van der Waals surface area contributed by atoms with Gasteiger partial charge in [-0.05, 0) is 87.3 Å². The van der Waals surface area contributed by atoms with Gasteiger partial charge in [0.05, 0.1) is 38.0 Å². The maximum Gasteiger partial charge on any atom is 0.265 e. The fraction of sp³-hybridized carbons (Fsp3) is 0.375. The van der Waals surface area contributed by atoms with E-state index in [1.54, 1.807) is 43.7 Å². The molecule has 42 heavy (non-hydrogen) atoms. The quantitative estimate of drug-likeness (QED) is 0.230. The number of ether oxygens (including phenoxy) is 3. The van der Waals surface area contributed by atoms with Crippen molar-refractivity contribution in [2.24, 2.45) is 0 Å². The van der Waals surface area contributed by atoms with Crippen molar-refractivity contribution in [3.63, 3.8) is 0 Å². The first-order chi connectivity index (χ1) is 20.4. The predicted molar refractivity (Wildman–Crippen MR) is 160 cm³/mol. The van der Waals surface area contributed by atoms with Gasteiger partial charge in [0, 0.05) is 17.2 Å². The van der Waals surface area contributed by atoms with Crippen LogP contribution >= 0.6 is 0 Å². The normalized spacial score (nSPS) is 17.8. The SMILES string of the molecule is COc1ccc(C2=COc3cc(OCCCCN4CCC(N(OC)S(=O)(=O)c5ccccc5)CC4)ccc3C2O)cc1. The summed E-state index contributed by atoms with van der Waals surface area (Å²) < 4.78 is 44.3. The van der Waals surface area contributed by atoms with Crippen LogP contribution in [-0.2, 0) is 14.9 Å². The summed E-state index contributed by atoms with van der Waals surface area (Å²) in [6, 6.07) is 21.2. The van der Waals surface area contributed by atoms with Gasteiger partial charge < -0.3 is 24.2 Å². The summed E-state index contributed by atoms with van der Waals surface area (Å²) in [5.74, 6) is 2.03. The number of hydrogen-bond donors (Lipinski definition) is 1. The van der Waals surface area contributed by atoms with Gasteiger partial charge in [-0.2, -0.15) is 0 Å². The van der Waals surface area contributed by atoms with Crippen LogP contribution in [0.5, 0.6) is 17.2 Å². The summed E-state index contributed by atoms with van der Waals surface area (Å²) in [4.78, 5) is 7.96. The number of hydroxylamine groups is 1. The fourth-order valence-corrected chi connectivity index (χ4v) is 6.93. The van der Waals surface area contributed by atoms with Gasteiger partial charge in [0.2, 0.25) is 0 Å². The molecule has 0 amide bonds. The van der Waals surface area contributed by atoms with E-state index < -0.39 is 16.1 Å². The highest BCUT2D eigenvalue weighted by Gasteiger charge is 2.34. The number of benzene rings is 3. The summed E-state index contributed by atoms with van der Waals surface area (Å²) in [6.07, 6.45) is 4.07. The van der Waals surface area contributed by atoms with E-state index in [4.69, 9.17) is 19.0 Å². The molecule has 1 atom stereocenters. The second-order valence-corrected chi connectivity index (χ2v) is 12.2. The smallest absolute Gasteiger partial charge is 0.265 e. The molecule has 2 heterocycles. The zero-order chi connectivity index (χ0) is 29.5. The summed E-state index contributed by atoms with van der Waals surface area (Å²) >= 11 is 0. The van der Waals surface area contributed by atoms with Crippen LogP contribution in [0.15, 0.2) is 84.0 Å². The van der Waals surface area contributed by atoms with Crippen molar-refractivity contribution in [2.75, 3.05) is 40.5 Å². The molecule has 2 aliphatic heterocycles. The number of nitrogens with zero attached hydrogens (tertiary/aromatic N) is 2. The number of unbranched alkanes of at least 4 members (excludes halogenated alkanes) is 1. The van der Waals surface area contributed by atoms with Gasteiger partial charge in [0.15, 0.2) is 0 Å². The van der Waals surface area contributed by atoms with Crippen molar-refractivity contribution >= 4 is 15.6 Å². The second kappa shape index (κ2) is 13.7. The molecule has 1 saturated heterocycles. The van der Waals surface area contributed by atoms with Crippen LogP contribution in [0.1, 0.15) is 42.9 Å². The molecule has 0 bridgehead atoms. The van der Waals surface area contributed by atoms with Gasteiger partial charge in [0.25, 0.3) is 10.0 Å². The molecule has 0 saturated carbocycles. The van der Waals surface area contributed by atoms with Gasteiger partial charge in [-0.1, -0.05) is 34.8 Å². The average Bonchev–Trinajstić information content (AvgIpc) is 3.02. The Morgan fingerprint density at radius 1 is 0.952 bits per heavy atom. The Labute approximate surface area is 247 Å². The van der Waals surface area contributed by atoms with E-state index in [1.165, 1.54) is 11.6 Å². The molecule has 10 heteroatoms. The standard InChI is InChI=1S/C32H38N2O7S/c1-38-26-12-10-24(11-13-26)30-23-41-31-22-27(14-15-29(31)32(30)35)40-21-7-6-18-33-19-16-25(17-20-33)34(39-2)42(36,37)28-8-4-3-5-9-28/h3-5,8-15,22-23,25,32,35H,6-7,16-21H2,1-2H3. The highest BCUT2D eigenvalue weighted by molar-refractivity contribution is 7.89. The Hall–Kier alpha value is -3.41. The lowest BCUT2D eigenvalue weighted by molar-refractivity contribution is -0.0938. The maximum atomic E-state index is 13.0. The summed E-state index contributed by atoms with van der Waals surface area (Å²) in [5.41, 5.74) is 2.25. The van der Waals surface area contributed by atoms with Gasteiger partial charge in [-0.25, -0.2) is 8.42 Å². The number of fused-ring (bicyclic) bond motifs is 1. The highest BCUT2D eigenvalue weighted by atomic mass is 32.2. The molecular formula is C32H38N2O7S. The van der Waals surface area contributed by atoms with Gasteiger partial charge in [0.1, 0.15) is 23.4 Å². The van der Waals surface area contributed by atoms with E-state index >= 15 is 0 Å². The first-order valence-electron chi connectivity index (χ1n) is 14.2. The van der Waals surface area contributed by atoms with Crippen LogP contribution in [0.3, 0.4) is 0 Å². The molecule has 9 nitrogen and oxygen atoms in total. The third kappa shape index (κ3) is 6.79. The lowest BCUT2D eigenvalue weighted by atomic mass is 9.94. The minimum Gasteiger partial charge on any atom is -0.497 e. The van der Waals surface area contributed by atoms with Gasteiger partial charge in [-0.3, -0.25) is 4.84 Å². The summed E-state index contributed by atoms with van der Waals surface area (Å²) in [6.45, 7) is 3.11. The monoisotopic (exact) mass is 594 g/mol. The Balaban J connectivity index is 1.05. The maximum absolute atomic E-state index is 13.0. The van der Waals surface area contributed by atoms with E-state index in [0.29, 0.717) is 42.1 Å². The summed E-state index contributed by atoms with van der Waals surface area (Å²) in [5, 5.41) is 11.0. The van der Waals surface area contributed by atoms with Crippen LogP contribution in [0, 0.1) is 0 Å². The third-order valence-corrected chi connectivity index (χ3v) is 9.55. The molecule has 2 aliphatic rings. The van der Waals surface area contributed by atoms with E-state index in [2.05, 4.69) is 4.90 Å². The molecule has 5 rings (SSSR count). The molecule has 0 aliphatic carbocycles. The number of likely N-dealkylation sites (tertiary alicyclic amines) is 1. The minimum atomic E-state index is -3.70. The lowest BCUT2D eigenvalue weighted by Crippen LogP contribution is -2.47.